The smallest absolute Gasteiger partial charge is 0.310 e. The van der Waals surface area contributed by atoms with E-state index < -0.39 is 0 Å². The maximum absolute atomic E-state index is 11.3. The molecule has 2 atom stereocenters. The van der Waals surface area contributed by atoms with Gasteiger partial charge in [0.1, 0.15) is 0 Å². The van der Waals surface area contributed by atoms with Crippen LogP contribution in [0.15, 0.2) is 0 Å². The summed E-state index contributed by atoms with van der Waals surface area (Å²) in [6, 6.07) is 0.303. The van der Waals surface area contributed by atoms with Gasteiger partial charge in [-0.25, -0.2) is 0 Å². The normalized spacial score (nSPS) is 29.3. The highest BCUT2D eigenvalue weighted by Crippen LogP contribution is 2.22. The van der Waals surface area contributed by atoms with Crippen LogP contribution in [0.5, 0.6) is 0 Å². The molecule has 0 unspecified atom stereocenters. The van der Waals surface area contributed by atoms with E-state index >= 15 is 0 Å². The van der Waals surface area contributed by atoms with Crippen molar-refractivity contribution in [2.24, 2.45) is 11.8 Å². The molecule has 3 nitrogen and oxygen atoms in total. The summed E-state index contributed by atoms with van der Waals surface area (Å²) < 4.78 is 4.74. The zero-order valence-corrected chi connectivity index (χ0v) is 7.96. The van der Waals surface area contributed by atoms with Gasteiger partial charge in [0.05, 0.1) is 13.0 Å². The molecule has 12 heavy (non-hydrogen) atoms. The first-order chi connectivity index (χ1) is 5.66. The lowest BCUT2D eigenvalue weighted by atomic mass is 9.92. The summed E-state index contributed by atoms with van der Waals surface area (Å²) >= 11 is 0. The molecule has 1 saturated heterocycles. The summed E-state index contributed by atoms with van der Waals surface area (Å²) in [5.74, 6) is 0.491. The molecule has 1 N–H and O–H groups in total. The van der Waals surface area contributed by atoms with Crippen molar-refractivity contribution in [2.45, 2.75) is 26.3 Å². The van der Waals surface area contributed by atoms with E-state index in [1.54, 1.807) is 0 Å². The van der Waals surface area contributed by atoms with Gasteiger partial charge in [0, 0.05) is 6.04 Å². The quantitative estimate of drug-likeness (QED) is 0.624. The predicted octanol–water partition coefficient (Wildman–Crippen LogP) is 0.793. The Morgan fingerprint density at radius 1 is 1.58 bits per heavy atom. The van der Waals surface area contributed by atoms with Crippen molar-refractivity contribution in [2.75, 3.05) is 13.7 Å². The van der Waals surface area contributed by atoms with E-state index in [4.69, 9.17) is 4.74 Å². The molecule has 0 aliphatic carbocycles. The molecule has 0 aromatic heterocycles. The lowest BCUT2D eigenvalue weighted by molar-refractivity contribution is -0.146. The average molecular weight is 171 g/mol. The molecule has 1 aliphatic rings. The summed E-state index contributed by atoms with van der Waals surface area (Å²) in [6.45, 7) is 5.18. The van der Waals surface area contributed by atoms with E-state index in [0.29, 0.717) is 12.0 Å². The molecule has 3 heteroatoms. The minimum Gasteiger partial charge on any atom is -0.469 e. The Hall–Kier alpha value is -0.570. The van der Waals surface area contributed by atoms with E-state index in [1.807, 2.05) is 0 Å². The number of rotatable bonds is 2. The van der Waals surface area contributed by atoms with Crippen molar-refractivity contribution < 1.29 is 9.53 Å². The fraction of sp³-hybridized carbons (Fsp3) is 0.889. The van der Waals surface area contributed by atoms with Crippen molar-refractivity contribution in [1.82, 2.24) is 5.32 Å². The maximum Gasteiger partial charge on any atom is 0.310 e. The van der Waals surface area contributed by atoms with E-state index in [-0.39, 0.29) is 11.9 Å². The summed E-state index contributed by atoms with van der Waals surface area (Å²) in [4.78, 5) is 11.3. The molecular formula is C9H17NO2. The topological polar surface area (TPSA) is 38.3 Å². The van der Waals surface area contributed by atoms with Crippen LogP contribution in [-0.2, 0) is 9.53 Å². The lowest BCUT2D eigenvalue weighted by Gasteiger charge is -2.20. The van der Waals surface area contributed by atoms with Gasteiger partial charge in [-0.05, 0) is 18.9 Å². The van der Waals surface area contributed by atoms with Crippen molar-refractivity contribution in [1.29, 1.82) is 0 Å². The molecule has 0 bridgehead atoms. The number of carbonyl (C=O) groups excluding carboxylic acids is 1. The Morgan fingerprint density at radius 3 is 2.75 bits per heavy atom. The van der Waals surface area contributed by atoms with Crippen LogP contribution in [0, 0.1) is 11.8 Å². The van der Waals surface area contributed by atoms with Gasteiger partial charge in [-0.1, -0.05) is 13.8 Å². The van der Waals surface area contributed by atoms with Crippen LogP contribution in [0.4, 0.5) is 0 Å². The molecule has 0 amide bonds. The standard InChI is InChI=1S/C9H17NO2/c1-6(2)8-7(4-5-10-8)9(11)12-3/h6-8,10H,4-5H2,1-3H3/t7-,8-/m1/s1. The molecule has 0 aromatic carbocycles. The predicted molar refractivity (Wildman–Crippen MR) is 46.8 cm³/mol. The fourth-order valence-electron chi connectivity index (χ4n) is 1.84. The van der Waals surface area contributed by atoms with Crippen LogP contribution in [0.3, 0.4) is 0 Å². The Labute approximate surface area is 73.5 Å². The summed E-state index contributed by atoms with van der Waals surface area (Å²) in [5, 5.41) is 3.32. The van der Waals surface area contributed by atoms with Crippen LogP contribution in [-0.4, -0.2) is 25.7 Å². The number of hydrogen-bond donors (Lipinski definition) is 1. The van der Waals surface area contributed by atoms with Gasteiger partial charge >= 0.3 is 5.97 Å². The molecular weight excluding hydrogens is 154 g/mol. The number of hydrogen-bond acceptors (Lipinski definition) is 3. The molecule has 1 fully saturated rings. The molecule has 70 valence electrons. The van der Waals surface area contributed by atoms with E-state index in [2.05, 4.69) is 19.2 Å². The number of methoxy groups -OCH3 is 1. The Morgan fingerprint density at radius 2 is 2.25 bits per heavy atom. The zero-order chi connectivity index (χ0) is 9.14. The minimum atomic E-state index is -0.0706. The van der Waals surface area contributed by atoms with Crippen LogP contribution < -0.4 is 5.32 Å². The number of esters is 1. The first-order valence-electron chi connectivity index (χ1n) is 4.48. The van der Waals surface area contributed by atoms with Crippen molar-refractivity contribution >= 4 is 5.97 Å². The van der Waals surface area contributed by atoms with Gasteiger partial charge in [0.2, 0.25) is 0 Å². The van der Waals surface area contributed by atoms with Gasteiger partial charge < -0.3 is 10.1 Å². The number of nitrogens with one attached hydrogen (secondary N) is 1. The highest BCUT2D eigenvalue weighted by Gasteiger charge is 2.34. The highest BCUT2D eigenvalue weighted by molar-refractivity contribution is 5.73. The lowest BCUT2D eigenvalue weighted by Crippen LogP contribution is -2.36. The summed E-state index contributed by atoms with van der Waals surface area (Å²) in [7, 11) is 1.46. The van der Waals surface area contributed by atoms with Gasteiger partial charge in [0.25, 0.3) is 0 Å². The second-order valence-electron chi connectivity index (χ2n) is 3.64. The largest absolute Gasteiger partial charge is 0.469 e. The molecule has 1 rings (SSSR count). The fourth-order valence-corrected chi connectivity index (χ4v) is 1.84. The third-order valence-corrected chi connectivity index (χ3v) is 2.49. The first kappa shape index (κ1) is 9.52. The second kappa shape index (κ2) is 3.90. The maximum atomic E-state index is 11.3. The van der Waals surface area contributed by atoms with E-state index in [0.717, 1.165) is 13.0 Å². The van der Waals surface area contributed by atoms with Gasteiger partial charge in [-0.3, -0.25) is 4.79 Å². The Balaban J connectivity index is 2.57. The van der Waals surface area contributed by atoms with Crippen molar-refractivity contribution in [3.05, 3.63) is 0 Å². The zero-order valence-electron chi connectivity index (χ0n) is 7.96. The van der Waals surface area contributed by atoms with Crippen LogP contribution >= 0.6 is 0 Å². The van der Waals surface area contributed by atoms with E-state index in [1.165, 1.54) is 7.11 Å². The molecule has 0 radical (unpaired) electrons. The van der Waals surface area contributed by atoms with Crippen molar-refractivity contribution in [3.63, 3.8) is 0 Å². The second-order valence-corrected chi connectivity index (χ2v) is 3.64. The Bertz CT molecular complexity index is 168. The van der Waals surface area contributed by atoms with E-state index in [9.17, 15) is 4.79 Å². The van der Waals surface area contributed by atoms with Gasteiger partial charge in [0.15, 0.2) is 0 Å². The number of ether oxygens (including phenoxy) is 1. The highest BCUT2D eigenvalue weighted by atomic mass is 16.5. The average Bonchev–Trinajstić information content (AvgIpc) is 2.50. The van der Waals surface area contributed by atoms with Crippen LogP contribution in [0.2, 0.25) is 0 Å². The molecule has 0 spiro atoms. The molecule has 1 aliphatic heterocycles. The molecule has 0 aromatic rings. The third kappa shape index (κ3) is 1.78. The first-order valence-corrected chi connectivity index (χ1v) is 4.48. The van der Waals surface area contributed by atoms with Crippen molar-refractivity contribution in [3.8, 4) is 0 Å². The molecule has 0 saturated carbocycles. The van der Waals surface area contributed by atoms with Crippen LogP contribution in [0.1, 0.15) is 20.3 Å². The third-order valence-electron chi connectivity index (χ3n) is 2.49. The minimum absolute atomic E-state index is 0.0648. The van der Waals surface area contributed by atoms with Crippen LogP contribution in [0.25, 0.3) is 0 Å². The SMILES string of the molecule is COC(=O)[C@@H]1CCN[C@@H]1C(C)C. The van der Waals surface area contributed by atoms with Gasteiger partial charge in [-0.2, -0.15) is 0 Å². The van der Waals surface area contributed by atoms with Gasteiger partial charge in [-0.15, -0.1) is 0 Å². The molecule has 1 heterocycles. The monoisotopic (exact) mass is 171 g/mol. The summed E-state index contributed by atoms with van der Waals surface area (Å²) in [5.41, 5.74) is 0. The Kier molecular flexibility index (Phi) is 3.09. The summed E-state index contributed by atoms with van der Waals surface area (Å²) in [6.07, 6.45) is 0.912. The number of carbonyl (C=O) groups is 1.